The monoisotopic (exact) mass is 346 g/mol. The number of rotatable bonds is 4. The molecule has 0 spiro atoms. The third-order valence-electron chi connectivity index (χ3n) is 4.72. The Bertz CT molecular complexity index is 903. The molecule has 3 heterocycles. The van der Waals surface area contributed by atoms with Crippen LogP contribution >= 0.6 is 0 Å². The van der Waals surface area contributed by atoms with Crippen molar-refractivity contribution in [1.29, 1.82) is 0 Å². The van der Waals surface area contributed by atoms with Gasteiger partial charge in [0.25, 0.3) is 0 Å². The Morgan fingerprint density at radius 1 is 1.38 bits per heavy atom. The summed E-state index contributed by atoms with van der Waals surface area (Å²) in [7, 11) is -3.66. The molecule has 1 atom stereocenters. The molecule has 6 nitrogen and oxygen atoms in total. The minimum atomic E-state index is -3.66. The lowest BCUT2D eigenvalue weighted by molar-refractivity contribution is -0.119. The number of carbonyl (C=O) groups excluding carboxylic acids is 1. The van der Waals surface area contributed by atoms with Gasteiger partial charge in [-0.25, -0.2) is 13.1 Å². The van der Waals surface area contributed by atoms with Gasteiger partial charge in [-0.15, -0.1) is 0 Å². The molecule has 1 aromatic heterocycles. The van der Waals surface area contributed by atoms with E-state index in [-0.39, 0.29) is 23.3 Å². The molecule has 1 amide bonds. The van der Waals surface area contributed by atoms with Gasteiger partial charge in [0.2, 0.25) is 15.9 Å². The van der Waals surface area contributed by atoms with Crippen LogP contribution in [0.1, 0.15) is 36.1 Å². The summed E-state index contributed by atoms with van der Waals surface area (Å²) in [5.74, 6) is 0.317. The van der Waals surface area contributed by atoms with E-state index in [0.717, 1.165) is 29.7 Å². The van der Waals surface area contributed by atoms with E-state index in [1.807, 2.05) is 6.92 Å². The zero-order chi connectivity index (χ0) is 16.9. The van der Waals surface area contributed by atoms with Crippen molar-refractivity contribution in [3.63, 3.8) is 0 Å². The van der Waals surface area contributed by atoms with E-state index in [4.69, 9.17) is 4.42 Å². The van der Waals surface area contributed by atoms with Crippen LogP contribution in [0.5, 0.6) is 0 Å². The second-order valence-electron chi connectivity index (χ2n) is 6.24. The van der Waals surface area contributed by atoms with Gasteiger partial charge in [0, 0.05) is 6.54 Å². The summed E-state index contributed by atoms with van der Waals surface area (Å²) >= 11 is 0. The maximum Gasteiger partial charge on any atom is 0.240 e. The Morgan fingerprint density at radius 2 is 2.21 bits per heavy atom. The highest BCUT2D eigenvalue weighted by molar-refractivity contribution is 7.89. The predicted molar refractivity (Wildman–Crippen MR) is 88.3 cm³/mol. The molecule has 4 rings (SSSR count). The van der Waals surface area contributed by atoms with Gasteiger partial charge < -0.3 is 9.32 Å². The van der Waals surface area contributed by atoms with Crippen LogP contribution in [0.2, 0.25) is 0 Å². The van der Waals surface area contributed by atoms with E-state index in [1.165, 1.54) is 6.26 Å². The maximum absolute atomic E-state index is 12.6. The summed E-state index contributed by atoms with van der Waals surface area (Å²) in [6.45, 7) is 2.65. The van der Waals surface area contributed by atoms with Crippen LogP contribution in [-0.4, -0.2) is 20.9 Å². The Morgan fingerprint density at radius 3 is 2.96 bits per heavy atom. The summed E-state index contributed by atoms with van der Waals surface area (Å²) < 4.78 is 33.0. The van der Waals surface area contributed by atoms with Gasteiger partial charge in [-0.05, 0) is 55.2 Å². The summed E-state index contributed by atoms with van der Waals surface area (Å²) in [6.07, 6.45) is 3.15. The molecule has 0 unspecified atom stereocenters. The number of hydrogen-bond donors (Lipinski definition) is 1. The van der Waals surface area contributed by atoms with Crippen LogP contribution in [0.4, 0.5) is 5.69 Å². The molecule has 2 aromatic rings. The average Bonchev–Trinajstić information content (AvgIpc) is 3.18. The van der Waals surface area contributed by atoms with Crippen molar-refractivity contribution in [1.82, 2.24) is 4.72 Å². The Hall–Kier alpha value is -2.12. The van der Waals surface area contributed by atoms with Gasteiger partial charge in [0.1, 0.15) is 5.76 Å². The normalized spacial score (nSPS) is 19.6. The molecule has 0 bridgehead atoms. The first kappa shape index (κ1) is 15.4. The van der Waals surface area contributed by atoms with Crippen molar-refractivity contribution in [2.75, 3.05) is 11.4 Å². The lowest BCUT2D eigenvalue weighted by atomic mass is 9.97. The second-order valence-corrected chi connectivity index (χ2v) is 8.01. The fourth-order valence-electron chi connectivity index (χ4n) is 3.48. The maximum atomic E-state index is 12.6. The van der Waals surface area contributed by atoms with Gasteiger partial charge in [-0.1, -0.05) is 0 Å². The lowest BCUT2D eigenvalue weighted by Gasteiger charge is -2.25. The molecule has 24 heavy (non-hydrogen) atoms. The molecule has 0 saturated heterocycles. The first-order chi connectivity index (χ1) is 11.5. The molecule has 7 heteroatoms. The van der Waals surface area contributed by atoms with E-state index in [0.29, 0.717) is 12.3 Å². The summed E-state index contributed by atoms with van der Waals surface area (Å²) in [5, 5.41) is 0. The van der Waals surface area contributed by atoms with Crippen LogP contribution in [0.3, 0.4) is 0 Å². The number of anilines is 1. The van der Waals surface area contributed by atoms with Crippen LogP contribution in [-0.2, 0) is 27.8 Å². The van der Waals surface area contributed by atoms with Crippen LogP contribution in [0.25, 0.3) is 0 Å². The molecule has 0 saturated carbocycles. The largest absolute Gasteiger partial charge is 0.468 e. The number of nitrogens with one attached hydrogen (secondary N) is 1. The van der Waals surface area contributed by atoms with Gasteiger partial charge in [-0.2, -0.15) is 0 Å². The highest BCUT2D eigenvalue weighted by Crippen LogP contribution is 2.43. The van der Waals surface area contributed by atoms with Crippen LogP contribution in [0.15, 0.2) is 39.8 Å². The number of aryl methyl sites for hydroxylation is 1. The minimum Gasteiger partial charge on any atom is -0.468 e. The van der Waals surface area contributed by atoms with Crippen molar-refractivity contribution < 1.29 is 17.6 Å². The van der Waals surface area contributed by atoms with Gasteiger partial charge >= 0.3 is 0 Å². The molecule has 0 aliphatic carbocycles. The van der Waals surface area contributed by atoms with E-state index >= 15 is 0 Å². The molecule has 2 aliphatic rings. The molecular formula is C17H18N2O4S. The zero-order valence-corrected chi connectivity index (χ0v) is 14.1. The standard InChI is InChI=1S/C17H18N2O4S/c1-11-15-9-14(24(21,22)18-10-13-5-3-7-23-13)8-12-4-2-6-19(16(12)15)17(11)20/h3,5,7-9,11,18H,2,4,6,10H2,1H3/t11-/m0/s1. The van der Waals surface area contributed by atoms with Gasteiger partial charge in [0.05, 0.1) is 29.3 Å². The number of nitrogens with zero attached hydrogens (tertiary/aromatic N) is 1. The van der Waals surface area contributed by atoms with Crippen LogP contribution in [0, 0.1) is 0 Å². The molecule has 126 valence electrons. The van der Waals surface area contributed by atoms with Gasteiger partial charge in [0.15, 0.2) is 0 Å². The Kier molecular flexibility index (Phi) is 3.51. The van der Waals surface area contributed by atoms with E-state index in [9.17, 15) is 13.2 Å². The summed E-state index contributed by atoms with van der Waals surface area (Å²) in [4.78, 5) is 14.4. The molecule has 2 aliphatic heterocycles. The second kappa shape index (κ2) is 5.46. The van der Waals surface area contributed by atoms with E-state index in [2.05, 4.69) is 4.72 Å². The fourth-order valence-corrected chi connectivity index (χ4v) is 4.56. The molecular weight excluding hydrogens is 328 g/mol. The average molecular weight is 346 g/mol. The Balaban J connectivity index is 1.71. The number of hydrogen-bond acceptors (Lipinski definition) is 4. The highest BCUT2D eigenvalue weighted by atomic mass is 32.2. The molecule has 1 N–H and O–H groups in total. The third kappa shape index (κ3) is 2.35. The number of sulfonamides is 1. The molecule has 0 radical (unpaired) electrons. The van der Waals surface area contributed by atoms with Gasteiger partial charge in [-0.3, -0.25) is 4.79 Å². The third-order valence-corrected chi connectivity index (χ3v) is 6.10. The van der Waals surface area contributed by atoms with Crippen LogP contribution < -0.4 is 9.62 Å². The number of benzene rings is 1. The number of carbonyl (C=O) groups is 1. The number of furan rings is 1. The van der Waals surface area contributed by atoms with E-state index in [1.54, 1.807) is 29.2 Å². The van der Waals surface area contributed by atoms with E-state index < -0.39 is 10.0 Å². The SMILES string of the molecule is C[C@@H]1C(=O)N2CCCc3cc(S(=O)(=O)NCc4ccco4)cc1c32. The quantitative estimate of drug-likeness (QED) is 0.920. The zero-order valence-electron chi connectivity index (χ0n) is 13.3. The smallest absolute Gasteiger partial charge is 0.240 e. The molecule has 1 aromatic carbocycles. The minimum absolute atomic E-state index is 0.0593. The lowest BCUT2D eigenvalue weighted by Crippen LogP contribution is -2.32. The topological polar surface area (TPSA) is 79.6 Å². The van der Waals surface area contributed by atoms with Crippen molar-refractivity contribution >= 4 is 21.6 Å². The predicted octanol–water partition coefficient (Wildman–Crippen LogP) is 2.15. The summed E-state index contributed by atoms with van der Waals surface area (Å²) in [6, 6.07) is 6.76. The highest BCUT2D eigenvalue weighted by Gasteiger charge is 2.38. The Labute approximate surface area is 140 Å². The van der Waals surface area contributed by atoms with Crippen molar-refractivity contribution in [3.05, 3.63) is 47.4 Å². The van der Waals surface area contributed by atoms with Crippen molar-refractivity contribution in [2.24, 2.45) is 0 Å². The molecule has 0 fully saturated rings. The summed E-state index contributed by atoms with van der Waals surface area (Å²) in [5.41, 5.74) is 2.68. The fraction of sp³-hybridized carbons (Fsp3) is 0.353. The van der Waals surface area contributed by atoms with Crippen molar-refractivity contribution in [2.45, 2.75) is 37.1 Å². The first-order valence-electron chi connectivity index (χ1n) is 7.97. The first-order valence-corrected chi connectivity index (χ1v) is 9.46. The van der Waals surface area contributed by atoms with Crippen molar-refractivity contribution in [3.8, 4) is 0 Å². The number of amides is 1.